The summed E-state index contributed by atoms with van der Waals surface area (Å²) in [6.07, 6.45) is -0.257. The van der Waals surface area contributed by atoms with Gasteiger partial charge in [0, 0.05) is 7.11 Å². The van der Waals surface area contributed by atoms with Crippen LogP contribution in [0.5, 0.6) is 0 Å². The van der Waals surface area contributed by atoms with Crippen molar-refractivity contribution in [2.24, 2.45) is 16.5 Å². The van der Waals surface area contributed by atoms with Crippen LogP contribution in [0.3, 0.4) is 0 Å². The van der Waals surface area contributed by atoms with E-state index in [1.54, 1.807) is 19.2 Å². The van der Waals surface area contributed by atoms with Gasteiger partial charge < -0.3 is 16.2 Å². The van der Waals surface area contributed by atoms with Crippen LogP contribution < -0.4 is 11.5 Å². The maximum atomic E-state index is 12.7. The number of hydrogen-bond donors (Lipinski definition) is 2. The van der Waals surface area contributed by atoms with Crippen LogP contribution in [0.15, 0.2) is 29.3 Å². The summed E-state index contributed by atoms with van der Waals surface area (Å²) < 4.78 is 17.8. The Morgan fingerprint density at radius 2 is 1.94 bits per heavy atom. The molecule has 0 bridgehead atoms. The van der Waals surface area contributed by atoms with Crippen LogP contribution in [0.1, 0.15) is 11.7 Å². The lowest BCUT2D eigenvalue weighted by Crippen LogP contribution is -2.24. The zero-order valence-corrected chi connectivity index (χ0v) is 11.2. The summed E-state index contributed by atoms with van der Waals surface area (Å²) >= 11 is 0. The fourth-order valence-corrected chi connectivity index (χ4v) is 1.18. The highest BCUT2D eigenvalue weighted by Gasteiger charge is 2.09. The van der Waals surface area contributed by atoms with Gasteiger partial charge in [0.2, 0.25) is 0 Å². The molecule has 0 aromatic heterocycles. The van der Waals surface area contributed by atoms with Crippen molar-refractivity contribution in [1.82, 2.24) is 0 Å². The number of nitrogens with two attached hydrogens (primary N) is 2. The molecule has 0 aliphatic rings. The van der Waals surface area contributed by atoms with Gasteiger partial charge in [-0.1, -0.05) is 12.1 Å². The highest BCUT2D eigenvalue weighted by molar-refractivity contribution is 14.0. The van der Waals surface area contributed by atoms with E-state index in [1.165, 1.54) is 12.1 Å². The van der Waals surface area contributed by atoms with Gasteiger partial charge in [0.05, 0.1) is 6.54 Å². The molecule has 0 heterocycles. The van der Waals surface area contributed by atoms with Crippen molar-refractivity contribution in [3.63, 3.8) is 0 Å². The molecule has 1 aromatic rings. The van der Waals surface area contributed by atoms with Gasteiger partial charge in [0.1, 0.15) is 11.9 Å². The summed E-state index contributed by atoms with van der Waals surface area (Å²) in [5.41, 5.74) is 11.3. The number of benzene rings is 1. The van der Waals surface area contributed by atoms with E-state index in [4.69, 9.17) is 16.2 Å². The van der Waals surface area contributed by atoms with Crippen molar-refractivity contribution in [3.05, 3.63) is 35.6 Å². The average Bonchev–Trinajstić information content (AvgIpc) is 2.21. The van der Waals surface area contributed by atoms with Crippen molar-refractivity contribution >= 4 is 29.9 Å². The van der Waals surface area contributed by atoms with Gasteiger partial charge in [0.25, 0.3) is 0 Å². The number of aliphatic imine (C=N–C) groups is 1. The van der Waals surface area contributed by atoms with E-state index in [0.717, 1.165) is 5.56 Å². The van der Waals surface area contributed by atoms with E-state index in [9.17, 15) is 4.39 Å². The molecule has 0 amide bonds. The van der Waals surface area contributed by atoms with Gasteiger partial charge in [0.15, 0.2) is 5.96 Å². The van der Waals surface area contributed by atoms with Crippen LogP contribution in [-0.2, 0) is 4.74 Å². The Kier molecular flexibility index (Phi) is 6.98. The predicted molar refractivity (Wildman–Crippen MR) is 72.2 cm³/mol. The summed E-state index contributed by atoms with van der Waals surface area (Å²) in [7, 11) is 1.55. The molecular weight excluding hydrogens is 324 g/mol. The molecule has 1 rings (SSSR count). The number of halogens is 2. The second-order valence-corrected chi connectivity index (χ2v) is 3.04. The maximum Gasteiger partial charge on any atom is 0.186 e. The Balaban J connectivity index is 0.00000225. The Labute approximate surface area is 111 Å². The zero-order chi connectivity index (χ0) is 11.3. The number of guanidine groups is 1. The fourth-order valence-electron chi connectivity index (χ4n) is 1.18. The minimum Gasteiger partial charge on any atom is -0.375 e. The SMILES string of the molecule is COC(CN=C(N)N)c1ccc(F)cc1.I. The molecule has 0 saturated heterocycles. The monoisotopic (exact) mass is 339 g/mol. The highest BCUT2D eigenvalue weighted by Crippen LogP contribution is 2.17. The van der Waals surface area contributed by atoms with Crippen LogP contribution in [0.25, 0.3) is 0 Å². The lowest BCUT2D eigenvalue weighted by atomic mass is 10.1. The standard InChI is InChI=1S/C10H14FN3O.HI/c1-15-9(6-14-10(12)13)7-2-4-8(11)5-3-7;/h2-5,9H,6H2,1H3,(H4,12,13,14);1H. The molecule has 1 unspecified atom stereocenters. The van der Waals surface area contributed by atoms with E-state index in [-0.39, 0.29) is 41.9 Å². The number of hydrogen-bond acceptors (Lipinski definition) is 2. The summed E-state index contributed by atoms with van der Waals surface area (Å²) in [5, 5.41) is 0. The topological polar surface area (TPSA) is 73.6 Å². The van der Waals surface area contributed by atoms with E-state index < -0.39 is 0 Å². The number of nitrogens with zero attached hydrogens (tertiary/aromatic N) is 1. The molecule has 4 N–H and O–H groups in total. The third kappa shape index (κ3) is 4.75. The van der Waals surface area contributed by atoms with E-state index in [2.05, 4.69) is 4.99 Å². The smallest absolute Gasteiger partial charge is 0.186 e. The molecule has 1 aromatic carbocycles. The van der Waals surface area contributed by atoms with Crippen LogP contribution >= 0.6 is 24.0 Å². The second kappa shape index (κ2) is 7.39. The van der Waals surface area contributed by atoms with Crippen molar-refractivity contribution < 1.29 is 9.13 Å². The zero-order valence-electron chi connectivity index (χ0n) is 8.89. The molecular formula is C10H15FIN3O. The lowest BCUT2D eigenvalue weighted by Gasteiger charge is -2.13. The molecule has 1 atom stereocenters. The summed E-state index contributed by atoms with van der Waals surface area (Å²) in [5.74, 6) is -0.269. The van der Waals surface area contributed by atoms with Crippen molar-refractivity contribution in [1.29, 1.82) is 0 Å². The van der Waals surface area contributed by atoms with Gasteiger partial charge in [-0.25, -0.2) is 4.39 Å². The first-order valence-electron chi connectivity index (χ1n) is 4.47. The molecule has 16 heavy (non-hydrogen) atoms. The first kappa shape index (κ1) is 15.1. The average molecular weight is 339 g/mol. The van der Waals surface area contributed by atoms with E-state index in [0.29, 0.717) is 6.54 Å². The highest BCUT2D eigenvalue weighted by atomic mass is 127. The second-order valence-electron chi connectivity index (χ2n) is 3.04. The summed E-state index contributed by atoms with van der Waals surface area (Å²) in [6.45, 7) is 0.324. The Morgan fingerprint density at radius 3 is 2.38 bits per heavy atom. The molecule has 0 fully saturated rings. The van der Waals surface area contributed by atoms with Crippen LogP contribution in [0.2, 0.25) is 0 Å². The third-order valence-electron chi connectivity index (χ3n) is 1.97. The molecule has 6 heteroatoms. The van der Waals surface area contributed by atoms with Crippen LogP contribution in [0.4, 0.5) is 4.39 Å². The lowest BCUT2D eigenvalue weighted by molar-refractivity contribution is 0.111. The molecule has 0 aliphatic carbocycles. The minimum absolute atomic E-state index is 0. The molecule has 0 saturated carbocycles. The normalized spacial score (nSPS) is 11.4. The van der Waals surface area contributed by atoms with Crippen LogP contribution in [0, 0.1) is 5.82 Å². The molecule has 0 spiro atoms. The van der Waals surface area contributed by atoms with Crippen molar-refractivity contribution in [2.45, 2.75) is 6.10 Å². The quantitative estimate of drug-likeness (QED) is 0.495. The van der Waals surface area contributed by atoms with Crippen LogP contribution in [-0.4, -0.2) is 19.6 Å². The summed E-state index contributed by atoms with van der Waals surface area (Å²) in [4.78, 5) is 3.85. The maximum absolute atomic E-state index is 12.7. The Morgan fingerprint density at radius 1 is 1.38 bits per heavy atom. The van der Waals surface area contributed by atoms with Gasteiger partial charge in [-0.05, 0) is 17.7 Å². The number of rotatable bonds is 4. The van der Waals surface area contributed by atoms with Crippen molar-refractivity contribution in [2.75, 3.05) is 13.7 Å². The van der Waals surface area contributed by atoms with E-state index >= 15 is 0 Å². The molecule has 90 valence electrons. The van der Waals surface area contributed by atoms with Gasteiger partial charge in [-0.2, -0.15) is 0 Å². The number of methoxy groups -OCH3 is 1. The predicted octanol–water partition coefficient (Wildman–Crippen LogP) is 1.40. The van der Waals surface area contributed by atoms with Gasteiger partial charge in [-0.15, -0.1) is 24.0 Å². The largest absolute Gasteiger partial charge is 0.375 e. The fraction of sp³-hybridized carbons (Fsp3) is 0.300. The molecule has 4 nitrogen and oxygen atoms in total. The van der Waals surface area contributed by atoms with Gasteiger partial charge in [-0.3, -0.25) is 4.99 Å². The van der Waals surface area contributed by atoms with Gasteiger partial charge >= 0.3 is 0 Å². The molecule has 0 radical (unpaired) electrons. The number of ether oxygens (including phenoxy) is 1. The minimum atomic E-state index is -0.282. The third-order valence-corrected chi connectivity index (χ3v) is 1.97. The first-order valence-corrected chi connectivity index (χ1v) is 4.47. The first-order chi connectivity index (χ1) is 7.13. The van der Waals surface area contributed by atoms with E-state index in [1.807, 2.05) is 0 Å². The van der Waals surface area contributed by atoms with Crippen molar-refractivity contribution in [3.8, 4) is 0 Å². The summed E-state index contributed by atoms with van der Waals surface area (Å²) in [6, 6.07) is 6.03. The molecule has 0 aliphatic heterocycles. The Hall–Kier alpha value is -0.890. The Bertz CT molecular complexity index is 338.